The largest absolute Gasteiger partial charge is 0.446 e. The summed E-state index contributed by atoms with van der Waals surface area (Å²) in [6.45, 7) is 4.04. The Morgan fingerprint density at radius 1 is 1.22 bits per heavy atom. The molecule has 0 radical (unpaired) electrons. The predicted molar refractivity (Wildman–Crippen MR) is 137 cm³/mol. The highest BCUT2D eigenvalue weighted by Crippen LogP contribution is 2.39. The van der Waals surface area contributed by atoms with Crippen LogP contribution in [-0.2, 0) is 14.3 Å². The third kappa shape index (κ3) is 6.08. The summed E-state index contributed by atoms with van der Waals surface area (Å²) in [4.78, 5) is 44.9. The van der Waals surface area contributed by atoms with E-state index < -0.39 is 18.1 Å². The lowest BCUT2D eigenvalue weighted by Gasteiger charge is -2.41. The molecule has 3 aliphatic rings. The third-order valence-electron chi connectivity index (χ3n) is 7.06. The van der Waals surface area contributed by atoms with Gasteiger partial charge in [-0.1, -0.05) is 6.07 Å². The lowest BCUT2D eigenvalue weighted by atomic mass is 9.94. The van der Waals surface area contributed by atoms with Crippen molar-refractivity contribution in [1.82, 2.24) is 5.32 Å². The Hall–Kier alpha value is -3.50. The first-order chi connectivity index (χ1) is 17.6. The van der Waals surface area contributed by atoms with Crippen LogP contribution in [0, 0.1) is 0 Å². The number of hydrogen-bond donors (Lipinski definition) is 2. The highest BCUT2D eigenvalue weighted by molar-refractivity contribution is 6.11. The fraction of sp³-hybridized carbons (Fsp3) is 0.538. The van der Waals surface area contributed by atoms with Crippen LogP contribution in [0.3, 0.4) is 0 Å². The number of carbonyl (C=O) groups excluding carboxylic acids is 3. The summed E-state index contributed by atoms with van der Waals surface area (Å²) in [7, 11) is 0. The Bertz CT molecular complexity index is 1110. The molecule has 9 nitrogen and oxygen atoms in total. The number of benzene rings is 1. The summed E-state index contributed by atoms with van der Waals surface area (Å²) in [5, 5.41) is 2.77. The molecule has 200 valence electrons. The lowest BCUT2D eigenvalue weighted by Crippen LogP contribution is -2.52. The zero-order valence-corrected chi connectivity index (χ0v) is 21.1. The maximum atomic E-state index is 13.6. The molecule has 1 unspecified atom stereocenters. The van der Waals surface area contributed by atoms with Gasteiger partial charge in [0.25, 0.3) is 0 Å². The van der Waals surface area contributed by atoms with Gasteiger partial charge in [0.05, 0.1) is 23.5 Å². The molecule has 3 N–H and O–H groups in total. The fourth-order valence-electron chi connectivity index (χ4n) is 5.09. The second kappa shape index (κ2) is 10.9. The molecule has 4 rings (SSSR count). The number of fused-ring (bicyclic) bond motifs is 1. The number of piperidine rings is 1. The number of rotatable bonds is 4. The Labute approximate surface area is 214 Å². The molecule has 0 spiro atoms. The van der Waals surface area contributed by atoms with Crippen molar-refractivity contribution in [3.8, 4) is 0 Å². The number of nitrogens with two attached hydrogens (primary N) is 1. The topological polar surface area (TPSA) is 117 Å². The molecule has 2 fully saturated rings. The van der Waals surface area contributed by atoms with E-state index in [1.807, 2.05) is 6.92 Å². The Morgan fingerprint density at radius 3 is 2.59 bits per heavy atom. The summed E-state index contributed by atoms with van der Waals surface area (Å²) >= 11 is 0. The highest BCUT2D eigenvalue weighted by atomic mass is 19.3. The molecule has 37 heavy (non-hydrogen) atoms. The minimum atomic E-state index is -2.72. The molecule has 1 aromatic carbocycles. The van der Waals surface area contributed by atoms with Gasteiger partial charge in [-0.25, -0.2) is 13.6 Å². The first-order valence-electron chi connectivity index (χ1n) is 12.6. The molecule has 1 saturated carbocycles. The molecule has 11 heteroatoms. The molecular weight excluding hydrogens is 484 g/mol. The standard InChI is InChI=1S/C26H33F2N5O4/c1-16-15-32(25(36)37-21-5-8-26(27,28)9-6-21)23-11-18(3-4-22(23)33(16)17(2)34)19(13-29)14-31-20-7-10-30-24(35)12-20/h3-4,11,13-14,16,20-21H,5-10,12,15,29H2,1-2H3,(H,30,35)/b19-13+,31-14?/t16-,20?/m0/s1. The minimum Gasteiger partial charge on any atom is -0.446 e. The van der Waals surface area contributed by atoms with E-state index in [1.54, 1.807) is 29.3 Å². The van der Waals surface area contributed by atoms with E-state index in [-0.39, 0.29) is 56.1 Å². The monoisotopic (exact) mass is 517 g/mol. The summed E-state index contributed by atoms with van der Waals surface area (Å²) in [6.07, 6.45) is 2.40. The van der Waals surface area contributed by atoms with E-state index in [0.717, 1.165) is 6.42 Å². The van der Waals surface area contributed by atoms with Crippen molar-refractivity contribution in [2.75, 3.05) is 22.9 Å². The number of aliphatic imine (C=N–C) groups is 1. The molecule has 0 aromatic heterocycles. The van der Waals surface area contributed by atoms with Gasteiger partial charge in [-0.05, 0) is 43.9 Å². The van der Waals surface area contributed by atoms with Crippen molar-refractivity contribution in [2.24, 2.45) is 10.7 Å². The van der Waals surface area contributed by atoms with Crippen LogP contribution < -0.4 is 20.9 Å². The Kier molecular flexibility index (Phi) is 7.79. The average molecular weight is 518 g/mol. The predicted octanol–water partition coefficient (Wildman–Crippen LogP) is 3.61. The van der Waals surface area contributed by atoms with Crippen molar-refractivity contribution >= 4 is 41.1 Å². The molecule has 0 bridgehead atoms. The first kappa shape index (κ1) is 26.6. The number of allylic oxidation sites excluding steroid dienone is 1. The van der Waals surface area contributed by atoms with Crippen LogP contribution in [0.15, 0.2) is 29.4 Å². The maximum Gasteiger partial charge on any atom is 0.414 e. The zero-order valence-electron chi connectivity index (χ0n) is 21.1. The molecule has 2 heterocycles. The van der Waals surface area contributed by atoms with Gasteiger partial charge in [0.2, 0.25) is 17.7 Å². The number of alkyl halides is 2. The Morgan fingerprint density at radius 2 is 1.95 bits per heavy atom. The van der Waals surface area contributed by atoms with Gasteiger partial charge >= 0.3 is 6.09 Å². The molecule has 2 aliphatic heterocycles. The van der Waals surface area contributed by atoms with Crippen molar-refractivity contribution in [3.05, 3.63) is 30.0 Å². The summed E-state index contributed by atoms with van der Waals surface area (Å²) in [6, 6.07) is 4.81. The van der Waals surface area contributed by atoms with Crippen LogP contribution >= 0.6 is 0 Å². The number of nitrogens with zero attached hydrogens (tertiary/aromatic N) is 3. The van der Waals surface area contributed by atoms with Gasteiger partial charge in [-0.2, -0.15) is 0 Å². The van der Waals surface area contributed by atoms with E-state index in [2.05, 4.69) is 10.3 Å². The molecule has 3 amide bonds. The number of amides is 3. The molecule has 1 saturated heterocycles. The van der Waals surface area contributed by atoms with Crippen LogP contribution in [0.4, 0.5) is 25.0 Å². The highest BCUT2D eigenvalue weighted by Gasteiger charge is 2.39. The van der Waals surface area contributed by atoms with Crippen LogP contribution in [0.2, 0.25) is 0 Å². The maximum absolute atomic E-state index is 13.6. The van der Waals surface area contributed by atoms with Gasteiger partial charge in [0.1, 0.15) is 6.10 Å². The minimum absolute atomic E-state index is 0.0465. The smallest absolute Gasteiger partial charge is 0.414 e. The summed E-state index contributed by atoms with van der Waals surface area (Å²) in [5.74, 6) is -2.94. The summed E-state index contributed by atoms with van der Waals surface area (Å²) in [5.41, 5.74) is 8.15. The number of ether oxygens (including phenoxy) is 1. The number of hydrogen-bond acceptors (Lipinski definition) is 6. The third-order valence-corrected chi connectivity index (χ3v) is 7.06. The van der Waals surface area contributed by atoms with Crippen LogP contribution in [-0.4, -0.2) is 61.3 Å². The van der Waals surface area contributed by atoms with Crippen molar-refractivity contribution in [3.63, 3.8) is 0 Å². The second-order valence-electron chi connectivity index (χ2n) is 9.89. The SMILES string of the molecule is CC(=O)N1c2ccc(/C(C=NC3CCNC(=O)C3)=C/N)cc2N(C(=O)OC2CCC(F)(F)CC2)C[C@@H]1C. The molecule has 2 atom stereocenters. The number of nitrogens with one attached hydrogen (secondary N) is 1. The van der Waals surface area contributed by atoms with Gasteiger partial charge in [-0.3, -0.25) is 19.5 Å². The lowest BCUT2D eigenvalue weighted by molar-refractivity contribution is -0.122. The van der Waals surface area contributed by atoms with Gasteiger partial charge in [-0.15, -0.1) is 0 Å². The van der Waals surface area contributed by atoms with E-state index >= 15 is 0 Å². The van der Waals surface area contributed by atoms with Crippen LogP contribution in [0.5, 0.6) is 0 Å². The normalized spacial score (nSPS) is 24.5. The van der Waals surface area contributed by atoms with E-state index in [0.29, 0.717) is 35.5 Å². The van der Waals surface area contributed by atoms with E-state index in [1.165, 1.54) is 18.0 Å². The van der Waals surface area contributed by atoms with Gasteiger partial charge in [0, 0.05) is 57.3 Å². The Balaban J connectivity index is 1.60. The van der Waals surface area contributed by atoms with E-state index in [4.69, 9.17) is 10.5 Å². The van der Waals surface area contributed by atoms with Crippen molar-refractivity contribution in [2.45, 2.75) is 76.5 Å². The summed E-state index contributed by atoms with van der Waals surface area (Å²) < 4.78 is 32.7. The second-order valence-corrected chi connectivity index (χ2v) is 9.89. The zero-order chi connectivity index (χ0) is 26.7. The van der Waals surface area contributed by atoms with Crippen molar-refractivity contribution < 1.29 is 27.9 Å². The quantitative estimate of drug-likeness (QED) is 0.592. The van der Waals surface area contributed by atoms with Crippen LogP contribution in [0.25, 0.3) is 5.57 Å². The number of anilines is 2. The average Bonchev–Trinajstić information content (AvgIpc) is 2.85. The van der Waals surface area contributed by atoms with Gasteiger partial charge < -0.3 is 20.7 Å². The molecular formula is C26H33F2N5O4. The number of carbonyl (C=O) groups is 3. The van der Waals surface area contributed by atoms with Crippen LogP contribution in [0.1, 0.15) is 57.9 Å². The van der Waals surface area contributed by atoms with E-state index in [9.17, 15) is 23.2 Å². The molecule has 1 aromatic rings. The number of halogens is 2. The fourth-order valence-corrected chi connectivity index (χ4v) is 5.09. The van der Waals surface area contributed by atoms with Gasteiger partial charge in [0.15, 0.2) is 0 Å². The van der Waals surface area contributed by atoms with Crippen molar-refractivity contribution in [1.29, 1.82) is 0 Å². The first-order valence-corrected chi connectivity index (χ1v) is 12.6. The molecule has 1 aliphatic carbocycles.